The Bertz CT molecular complexity index is 382. The fraction of sp³-hybridized carbons (Fsp3) is 0.600. The van der Waals surface area contributed by atoms with Crippen molar-refractivity contribution in [3.8, 4) is 0 Å². The van der Waals surface area contributed by atoms with Crippen LogP contribution in [0.15, 0.2) is 9.27 Å². The molecule has 0 bridgehead atoms. The second kappa shape index (κ2) is 4.26. The van der Waals surface area contributed by atoms with Crippen molar-refractivity contribution in [3.05, 3.63) is 26.3 Å². The van der Waals surface area contributed by atoms with Crippen molar-refractivity contribution < 1.29 is 0 Å². The molecule has 1 rings (SSSR count). The van der Waals surface area contributed by atoms with Gasteiger partial charge in [-0.15, -0.1) is 0 Å². The minimum atomic E-state index is -0.0904. The van der Waals surface area contributed by atoms with Gasteiger partial charge in [-0.25, -0.2) is 4.98 Å². The number of nitrogens with one attached hydrogen (secondary N) is 1. The molecule has 0 unspecified atom stereocenters. The van der Waals surface area contributed by atoms with Gasteiger partial charge in [0.05, 0.1) is 5.69 Å². The lowest BCUT2D eigenvalue weighted by atomic mass is 10.1. The Labute approximate surface area is 92.1 Å². The number of aromatic nitrogens is 2. The summed E-state index contributed by atoms with van der Waals surface area (Å²) in [5, 5.41) is 0. The zero-order chi connectivity index (χ0) is 10.9. The number of aromatic amines is 1. The van der Waals surface area contributed by atoms with E-state index in [9.17, 15) is 4.79 Å². The fourth-order valence-corrected chi connectivity index (χ4v) is 1.80. The molecule has 0 atom stereocenters. The molecule has 78 valence electrons. The number of rotatable bonds is 2. The largest absolute Gasteiger partial charge is 0.309 e. The average molecular weight is 259 g/mol. The molecule has 0 aliphatic carbocycles. The third kappa shape index (κ3) is 2.23. The molecule has 0 saturated carbocycles. The van der Waals surface area contributed by atoms with Crippen LogP contribution < -0.4 is 5.56 Å². The molecule has 0 aromatic carbocycles. The van der Waals surface area contributed by atoms with Crippen molar-refractivity contribution in [1.82, 2.24) is 9.97 Å². The van der Waals surface area contributed by atoms with Crippen LogP contribution in [0.1, 0.15) is 51.0 Å². The second-order valence-electron chi connectivity index (χ2n) is 3.96. The zero-order valence-electron chi connectivity index (χ0n) is 8.89. The predicted octanol–water partition coefficient (Wildman–Crippen LogP) is 2.78. The number of H-pyrrole nitrogens is 1. The molecule has 1 N–H and O–H groups in total. The molecule has 0 spiro atoms. The van der Waals surface area contributed by atoms with E-state index in [0.717, 1.165) is 11.5 Å². The van der Waals surface area contributed by atoms with Crippen LogP contribution in [0.4, 0.5) is 0 Å². The molecule has 1 aromatic rings. The summed E-state index contributed by atoms with van der Waals surface area (Å²) in [6.07, 6.45) is 0. The van der Waals surface area contributed by atoms with Crippen LogP contribution in [0.25, 0.3) is 0 Å². The number of hydrogen-bond donors (Lipinski definition) is 1. The Kier molecular flexibility index (Phi) is 3.48. The molecule has 4 heteroatoms. The summed E-state index contributed by atoms with van der Waals surface area (Å²) >= 11 is 3.26. The average Bonchev–Trinajstić information content (AvgIpc) is 2.08. The molecule has 3 nitrogen and oxygen atoms in total. The summed E-state index contributed by atoms with van der Waals surface area (Å²) in [5.74, 6) is 1.25. The lowest BCUT2D eigenvalue weighted by Crippen LogP contribution is -2.17. The van der Waals surface area contributed by atoms with Gasteiger partial charge in [0.1, 0.15) is 10.3 Å². The fourth-order valence-electron chi connectivity index (χ4n) is 1.15. The van der Waals surface area contributed by atoms with Crippen LogP contribution in [-0.2, 0) is 0 Å². The zero-order valence-corrected chi connectivity index (χ0v) is 10.5. The van der Waals surface area contributed by atoms with E-state index >= 15 is 0 Å². The highest BCUT2D eigenvalue weighted by Gasteiger charge is 2.13. The van der Waals surface area contributed by atoms with Crippen molar-refractivity contribution in [1.29, 1.82) is 0 Å². The predicted molar refractivity (Wildman–Crippen MR) is 60.7 cm³/mol. The van der Waals surface area contributed by atoms with Crippen molar-refractivity contribution in [3.63, 3.8) is 0 Å². The van der Waals surface area contributed by atoms with Crippen molar-refractivity contribution >= 4 is 15.9 Å². The standard InChI is InChI=1S/C10H15BrN2O/c1-5(2)8-7(11)10(14)13-9(12-8)6(3)4/h5-6H,1-4H3,(H,12,13,14). The summed E-state index contributed by atoms with van der Waals surface area (Å²) in [4.78, 5) is 18.7. The van der Waals surface area contributed by atoms with Crippen molar-refractivity contribution in [2.45, 2.75) is 39.5 Å². The van der Waals surface area contributed by atoms with Gasteiger partial charge in [0.15, 0.2) is 0 Å². The smallest absolute Gasteiger partial charge is 0.265 e. The normalized spacial score (nSPS) is 11.4. The van der Waals surface area contributed by atoms with E-state index in [-0.39, 0.29) is 17.4 Å². The van der Waals surface area contributed by atoms with Gasteiger partial charge in [-0.2, -0.15) is 0 Å². The lowest BCUT2D eigenvalue weighted by molar-refractivity contribution is 0.716. The summed E-state index contributed by atoms with van der Waals surface area (Å²) in [5.41, 5.74) is 0.741. The van der Waals surface area contributed by atoms with Gasteiger partial charge >= 0.3 is 0 Å². The Morgan fingerprint density at radius 3 is 2.21 bits per heavy atom. The maximum absolute atomic E-state index is 11.5. The Balaban J connectivity index is 3.36. The van der Waals surface area contributed by atoms with Gasteiger partial charge in [-0.3, -0.25) is 4.79 Å². The van der Waals surface area contributed by atoms with E-state index < -0.39 is 0 Å². The summed E-state index contributed by atoms with van der Waals surface area (Å²) in [7, 11) is 0. The minimum absolute atomic E-state index is 0.0904. The van der Waals surface area contributed by atoms with Crippen LogP contribution in [-0.4, -0.2) is 9.97 Å². The molecule has 0 aliphatic heterocycles. The topological polar surface area (TPSA) is 45.8 Å². The molecule has 0 fully saturated rings. The molecule has 0 aliphatic rings. The van der Waals surface area contributed by atoms with E-state index in [0.29, 0.717) is 4.47 Å². The molecule has 0 saturated heterocycles. The monoisotopic (exact) mass is 258 g/mol. The van der Waals surface area contributed by atoms with Gasteiger partial charge < -0.3 is 4.98 Å². The third-order valence-electron chi connectivity index (χ3n) is 2.00. The number of nitrogens with zero attached hydrogens (tertiary/aromatic N) is 1. The van der Waals surface area contributed by atoms with E-state index in [4.69, 9.17) is 0 Å². The molecule has 14 heavy (non-hydrogen) atoms. The first-order chi connectivity index (χ1) is 6.43. The second-order valence-corrected chi connectivity index (χ2v) is 4.75. The molecular weight excluding hydrogens is 244 g/mol. The molecular formula is C10H15BrN2O. The molecule has 0 radical (unpaired) electrons. The highest BCUT2D eigenvalue weighted by molar-refractivity contribution is 9.10. The van der Waals surface area contributed by atoms with Gasteiger partial charge in [-0.1, -0.05) is 27.7 Å². The van der Waals surface area contributed by atoms with Crippen LogP contribution in [0.3, 0.4) is 0 Å². The Morgan fingerprint density at radius 2 is 1.79 bits per heavy atom. The van der Waals surface area contributed by atoms with E-state index in [1.807, 2.05) is 27.7 Å². The van der Waals surface area contributed by atoms with E-state index in [1.165, 1.54) is 0 Å². The van der Waals surface area contributed by atoms with Crippen LogP contribution in [0, 0.1) is 0 Å². The van der Waals surface area contributed by atoms with Crippen molar-refractivity contribution in [2.75, 3.05) is 0 Å². The highest BCUT2D eigenvalue weighted by Crippen LogP contribution is 2.20. The first-order valence-electron chi connectivity index (χ1n) is 4.73. The summed E-state index contributed by atoms with van der Waals surface area (Å²) in [6, 6.07) is 0. The third-order valence-corrected chi connectivity index (χ3v) is 2.77. The summed E-state index contributed by atoms with van der Waals surface area (Å²) in [6.45, 7) is 8.07. The maximum atomic E-state index is 11.5. The van der Waals surface area contributed by atoms with Crippen LogP contribution in [0.5, 0.6) is 0 Å². The highest BCUT2D eigenvalue weighted by atomic mass is 79.9. The first kappa shape index (κ1) is 11.4. The quantitative estimate of drug-likeness (QED) is 0.887. The SMILES string of the molecule is CC(C)c1nc(C(C)C)c(Br)c(=O)[nH]1. The molecule has 1 aromatic heterocycles. The number of halogens is 1. The van der Waals surface area contributed by atoms with Crippen LogP contribution >= 0.6 is 15.9 Å². The summed E-state index contributed by atoms with van der Waals surface area (Å²) < 4.78 is 0.553. The van der Waals surface area contributed by atoms with Gasteiger partial charge in [0.25, 0.3) is 5.56 Å². The Morgan fingerprint density at radius 1 is 1.21 bits per heavy atom. The maximum Gasteiger partial charge on any atom is 0.265 e. The molecule has 0 amide bonds. The minimum Gasteiger partial charge on any atom is -0.309 e. The van der Waals surface area contributed by atoms with Crippen LogP contribution in [0.2, 0.25) is 0 Å². The number of hydrogen-bond acceptors (Lipinski definition) is 2. The van der Waals surface area contributed by atoms with E-state index in [2.05, 4.69) is 25.9 Å². The van der Waals surface area contributed by atoms with Crippen molar-refractivity contribution in [2.24, 2.45) is 0 Å². The molecule has 1 heterocycles. The lowest BCUT2D eigenvalue weighted by Gasteiger charge is -2.10. The Hall–Kier alpha value is -0.640. The van der Waals surface area contributed by atoms with Gasteiger partial charge in [-0.05, 0) is 21.8 Å². The first-order valence-corrected chi connectivity index (χ1v) is 5.52. The van der Waals surface area contributed by atoms with E-state index in [1.54, 1.807) is 0 Å². The van der Waals surface area contributed by atoms with Gasteiger partial charge in [0, 0.05) is 5.92 Å². The van der Waals surface area contributed by atoms with Gasteiger partial charge in [0.2, 0.25) is 0 Å².